The number of nitrogens with zero attached hydrogens (tertiary/aromatic N) is 1. The van der Waals surface area contributed by atoms with Crippen LogP contribution in [-0.2, 0) is 0 Å². The largest absolute Gasteiger partial charge is 0.497 e. The summed E-state index contributed by atoms with van der Waals surface area (Å²) in [5.41, 5.74) is 1.95. The monoisotopic (exact) mass is 313 g/mol. The lowest BCUT2D eigenvalue weighted by atomic mass is 10.0. The molecule has 1 aromatic heterocycles. The van der Waals surface area contributed by atoms with Crippen molar-refractivity contribution in [3.63, 3.8) is 0 Å². The van der Waals surface area contributed by atoms with Crippen molar-refractivity contribution < 1.29 is 14.6 Å². The second-order valence-electron chi connectivity index (χ2n) is 4.73. The number of para-hydroxylation sites is 1. The summed E-state index contributed by atoms with van der Waals surface area (Å²) in [6.45, 7) is 0. The number of aromatic carboxylic acids is 1. The minimum Gasteiger partial charge on any atom is -0.497 e. The molecule has 1 heterocycles. The van der Waals surface area contributed by atoms with Crippen LogP contribution in [0, 0.1) is 0 Å². The lowest BCUT2D eigenvalue weighted by Crippen LogP contribution is -2.00. The number of carboxylic acids is 1. The van der Waals surface area contributed by atoms with E-state index >= 15 is 0 Å². The quantitative estimate of drug-likeness (QED) is 0.784. The van der Waals surface area contributed by atoms with E-state index in [1.54, 1.807) is 37.4 Å². The summed E-state index contributed by atoms with van der Waals surface area (Å²) in [4.78, 5) is 16.0. The molecule has 3 aromatic rings. The zero-order chi connectivity index (χ0) is 15.7. The highest BCUT2D eigenvalue weighted by Gasteiger charge is 2.14. The van der Waals surface area contributed by atoms with Crippen LogP contribution in [0.5, 0.6) is 5.75 Å². The molecule has 0 spiro atoms. The molecular formula is C17H12ClNO3. The summed E-state index contributed by atoms with van der Waals surface area (Å²) in [5, 5.41) is 10.4. The molecular weight excluding hydrogens is 302 g/mol. The Bertz CT molecular complexity index is 877. The summed E-state index contributed by atoms with van der Waals surface area (Å²) in [7, 11) is 1.58. The molecule has 0 aliphatic carbocycles. The van der Waals surface area contributed by atoms with Gasteiger partial charge in [0, 0.05) is 10.9 Å². The third-order valence-electron chi connectivity index (χ3n) is 3.39. The summed E-state index contributed by atoms with van der Waals surface area (Å²) < 4.78 is 5.20. The highest BCUT2D eigenvalue weighted by atomic mass is 35.5. The molecule has 4 nitrogen and oxygen atoms in total. The SMILES string of the molecule is COc1cccc(-c2cc(C(=O)O)c3cccc(Cl)c3n2)c1. The van der Waals surface area contributed by atoms with Crippen molar-refractivity contribution >= 4 is 28.5 Å². The molecule has 2 aromatic carbocycles. The topological polar surface area (TPSA) is 59.4 Å². The van der Waals surface area contributed by atoms with Gasteiger partial charge in [-0.1, -0.05) is 35.9 Å². The van der Waals surface area contributed by atoms with Gasteiger partial charge >= 0.3 is 5.97 Å². The van der Waals surface area contributed by atoms with Gasteiger partial charge in [-0.3, -0.25) is 0 Å². The molecule has 0 saturated carbocycles. The van der Waals surface area contributed by atoms with Crippen LogP contribution in [0.15, 0.2) is 48.5 Å². The number of aromatic nitrogens is 1. The zero-order valence-electron chi connectivity index (χ0n) is 11.7. The number of pyridine rings is 1. The predicted octanol–water partition coefficient (Wildman–Crippen LogP) is 4.26. The first-order valence-corrected chi connectivity index (χ1v) is 6.95. The average Bonchev–Trinajstić information content (AvgIpc) is 2.54. The van der Waals surface area contributed by atoms with Crippen molar-refractivity contribution in [1.82, 2.24) is 4.98 Å². The lowest BCUT2D eigenvalue weighted by Gasteiger charge is -2.09. The number of benzene rings is 2. The second kappa shape index (κ2) is 5.66. The van der Waals surface area contributed by atoms with Crippen LogP contribution in [0.25, 0.3) is 22.2 Å². The average molecular weight is 314 g/mol. The Hall–Kier alpha value is -2.59. The van der Waals surface area contributed by atoms with Crippen LogP contribution in [0.4, 0.5) is 0 Å². The van der Waals surface area contributed by atoms with Crippen molar-refractivity contribution in [1.29, 1.82) is 0 Å². The van der Waals surface area contributed by atoms with Crippen molar-refractivity contribution in [2.24, 2.45) is 0 Å². The Morgan fingerprint density at radius 1 is 1.18 bits per heavy atom. The highest BCUT2D eigenvalue weighted by Crippen LogP contribution is 2.30. The van der Waals surface area contributed by atoms with E-state index in [4.69, 9.17) is 16.3 Å². The molecule has 5 heteroatoms. The minimum absolute atomic E-state index is 0.172. The maximum Gasteiger partial charge on any atom is 0.336 e. The van der Waals surface area contributed by atoms with E-state index in [9.17, 15) is 9.90 Å². The molecule has 0 atom stereocenters. The summed E-state index contributed by atoms with van der Waals surface area (Å²) in [6.07, 6.45) is 0. The fourth-order valence-electron chi connectivity index (χ4n) is 2.32. The first kappa shape index (κ1) is 14.4. The first-order chi connectivity index (χ1) is 10.6. The zero-order valence-corrected chi connectivity index (χ0v) is 12.5. The Morgan fingerprint density at radius 2 is 1.95 bits per heavy atom. The standard InChI is InChI=1S/C17H12ClNO3/c1-22-11-5-2-4-10(8-11)15-9-13(17(20)21)12-6-3-7-14(18)16(12)19-15/h2-9H,1H3,(H,20,21). The smallest absolute Gasteiger partial charge is 0.336 e. The van der Waals surface area contributed by atoms with Crippen molar-refractivity contribution in [2.75, 3.05) is 7.11 Å². The molecule has 0 bridgehead atoms. The first-order valence-electron chi connectivity index (χ1n) is 6.57. The van der Waals surface area contributed by atoms with Crippen LogP contribution in [-0.4, -0.2) is 23.2 Å². The highest BCUT2D eigenvalue weighted by molar-refractivity contribution is 6.35. The molecule has 1 N–H and O–H groups in total. The third kappa shape index (κ3) is 2.49. The van der Waals surface area contributed by atoms with Crippen LogP contribution in [0.3, 0.4) is 0 Å². The van der Waals surface area contributed by atoms with Gasteiger partial charge < -0.3 is 9.84 Å². The number of ether oxygens (including phenoxy) is 1. The lowest BCUT2D eigenvalue weighted by molar-refractivity contribution is 0.0699. The molecule has 0 amide bonds. The van der Waals surface area contributed by atoms with Crippen LogP contribution in [0.1, 0.15) is 10.4 Å². The van der Waals surface area contributed by atoms with Gasteiger partial charge in [0.1, 0.15) is 5.75 Å². The van der Waals surface area contributed by atoms with Crippen LogP contribution < -0.4 is 4.74 Å². The van der Waals surface area contributed by atoms with Gasteiger partial charge in [0.05, 0.1) is 28.9 Å². The van der Waals surface area contributed by atoms with Gasteiger partial charge in [-0.05, 0) is 24.3 Å². The van der Waals surface area contributed by atoms with Crippen molar-refractivity contribution in [3.05, 3.63) is 59.1 Å². The Kier molecular flexibility index (Phi) is 3.69. The van der Waals surface area contributed by atoms with Gasteiger partial charge in [-0.15, -0.1) is 0 Å². The summed E-state index contributed by atoms with van der Waals surface area (Å²) in [5.74, 6) is -0.339. The molecule has 0 saturated heterocycles. The summed E-state index contributed by atoms with van der Waals surface area (Å²) in [6, 6.07) is 13.9. The van der Waals surface area contributed by atoms with E-state index in [2.05, 4.69) is 4.98 Å². The fourth-order valence-corrected chi connectivity index (χ4v) is 2.54. The molecule has 0 unspecified atom stereocenters. The number of carbonyl (C=O) groups is 1. The van der Waals surface area contributed by atoms with Crippen molar-refractivity contribution in [2.45, 2.75) is 0 Å². The van der Waals surface area contributed by atoms with Gasteiger partial charge in [-0.2, -0.15) is 0 Å². The minimum atomic E-state index is -1.01. The third-order valence-corrected chi connectivity index (χ3v) is 3.69. The normalized spacial score (nSPS) is 10.6. The number of carboxylic acid groups (broad SMARTS) is 1. The van der Waals surface area contributed by atoms with Gasteiger partial charge in [0.2, 0.25) is 0 Å². The molecule has 3 rings (SSSR count). The second-order valence-corrected chi connectivity index (χ2v) is 5.14. The number of methoxy groups -OCH3 is 1. The number of hydrogen-bond donors (Lipinski definition) is 1. The van der Waals surface area contributed by atoms with Crippen molar-refractivity contribution in [3.8, 4) is 17.0 Å². The maximum atomic E-state index is 11.5. The molecule has 0 fully saturated rings. The summed E-state index contributed by atoms with van der Waals surface area (Å²) >= 11 is 6.17. The van der Waals surface area contributed by atoms with Gasteiger partial charge in [-0.25, -0.2) is 9.78 Å². The van der Waals surface area contributed by atoms with E-state index in [1.807, 2.05) is 18.2 Å². The molecule has 0 aliphatic heterocycles. The number of fused-ring (bicyclic) bond motifs is 1. The predicted molar refractivity (Wildman–Crippen MR) is 85.7 cm³/mol. The number of hydrogen-bond acceptors (Lipinski definition) is 3. The fraction of sp³-hybridized carbons (Fsp3) is 0.0588. The molecule has 0 aliphatic rings. The van der Waals surface area contributed by atoms with Gasteiger partial charge in [0.15, 0.2) is 0 Å². The van der Waals surface area contributed by atoms with Gasteiger partial charge in [0.25, 0.3) is 0 Å². The number of halogens is 1. The Morgan fingerprint density at radius 3 is 2.68 bits per heavy atom. The van der Waals surface area contributed by atoms with E-state index < -0.39 is 5.97 Å². The molecule has 22 heavy (non-hydrogen) atoms. The Labute approximate surface area is 131 Å². The van der Waals surface area contributed by atoms with E-state index in [-0.39, 0.29) is 5.56 Å². The van der Waals surface area contributed by atoms with Crippen LogP contribution in [0.2, 0.25) is 5.02 Å². The maximum absolute atomic E-state index is 11.5. The van der Waals surface area contributed by atoms with Crippen LogP contribution >= 0.6 is 11.6 Å². The van der Waals surface area contributed by atoms with E-state index in [0.29, 0.717) is 27.4 Å². The Balaban J connectivity index is 2.30. The van der Waals surface area contributed by atoms with E-state index in [1.165, 1.54) is 0 Å². The van der Waals surface area contributed by atoms with E-state index in [0.717, 1.165) is 5.56 Å². The molecule has 0 radical (unpaired) electrons. The number of rotatable bonds is 3. The molecule has 110 valence electrons.